The molecule has 1 aliphatic heterocycles. The quantitative estimate of drug-likeness (QED) is 0.550. The highest BCUT2D eigenvalue weighted by molar-refractivity contribution is 14.1. The number of nitrogens with zero attached hydrogens (tertiary/aromatic N) is 3. The third-order valence-electron chi connectivity index (χ3n) is 1.87. The molecule has 0 spiro atoms. The Morgan fingerprint density at radius 3 is 2.50 bits per heavy atom. The number of nitrogens with two attached hydrogens (primary N) is 2. The number of anilines is 1. The van der Waals surface area contributed by atoms with Crippen LogP contribution in [0.3, 0.4) is 0 Å². The molecule has 0 bridgehead atoms. The van der Waals surface area contributed by atoms with Crippen molar-refractivity contribution >= 4 is 45.7 Å². The van der Waals surface area contributed by atoms with Gasteiger partial charge < -0.3 is 11.5 Å². The molecule has 1 aliphatic rings. The smallest absolute Gasteiger partial charge is 0.177 e. The lowest BCUT2D eigenvalue weighted by Gasteiger charge is -2.02. The summed E-state index contributed by atoms with van der Waals surface area (Å²) in [6.45, 7) is 0. The van der Waals surface area contributed by atoms with E-state index in [9.17, 15) is 0 Å². The van der Waals surface area contributed by atoms with Crippen molar-refractivity contribution in [2.24, 2.45) is 26.8 Å². The SMILES string of the molecule is NC1=NN=C(N)C1=NNc1cccc(I)c1. The van der Waals surface area contributed by atoms with Gasteiger partial charge in [-0.1, -0.05) is 6.07 Å². The Kier molecular flexibility index (Phi) is 3.04. The zero-order chi connectivity index (χ0) is 11.5. The number of rotatable bonds is 2. The molecule has 0 radical (unpaired) electrons. The fourth-order valence-electron chi connectivity index (χ4n) is 1.13. The number of hydrazone groups is 1. The number of hydrogen-bond donors (Lipinski definition) is 3. The average Bonchev–Trinajstić information content (AvgIpc) is 2.56. The van der Waals surface area contributed by atoms with Gasteiger partial charge in [-0.3, -0.25) is 5.43 Å². The maximum Gasteiger partial charge on any atom is 0.177 e. The molecule has 0 saturated heterocycles. The molecule has 0 fully saturated rings. The first-order valence-corrected chi connectivity index (χ1v) is 5.51. The van der Waals surface area contributed by atoms with Gasteiger partial charge in [0.05, 0.1) is 5.69 Å². The van der Waals surface area contributed by atoms with Gasteiger partial charge in [-0.05, 0) is 40.8 Å². The lowest BCUT2D eigenvalue weighted by molar-refractivity contribution is 1.25. The highest BCUT2D eigenvalue weighted by Crippen LogP contribution is 2.12. The molecule has 0 aromatic heterocycles. The average molecular weight is 328 g/mol. The van der Waals surface area contributed by atoms with Crippen molar-refractivity contribution in [1.29, 1.82) is 0 Å². The molecule has 7 heteroatoms. The zero-order valence-electron chi connectivity index (χ0n) is 8.18. The summed E-state index contributed by atoms with van der Waals surface area (Å²) in [6, 6.07) is 7.75. The topological polar surface area (TPSA) is 101 Å². The standard InChI is InChI=1S/C9H9IN6/c10-5-2-1-3-6(4-5)13-14-7-8(11)15-16-9(7)12/h1-4,13H,(H4,11,12,14,15,16). The van der Waals surface area contributed by atoms with E-state index in [1.807, 2.05) is 24.3 Å². The van der Waals surface area contributed by atoms with Crippen molar-refractivity contribution in [2.75, 3.05) is 5.43 Å². The van der Waals surface area contributed by atoms with Crippen LogP contribution in [0.15, 0.2) is 39.6 Å². The lowest BCUT2D eigenvalue weighted by Crippen LogP contribution is -2.32. The van der Waals surface area contributed by atoms with Crippen LogP contribution in [0.2, 0.25) is 0 Å². The Balaban J connectivity index is 2.15. The molecule has 5 N–H and O–H groups in total. The van der Waals surface area contributed by atoms with E-state index in [0.29, 0.717) is 5.71 Å². The zero-order valence-corrected chi connectivity index (χ0v) is 10.3. The Morgan fingerprint density at radius 1 is 1.19 bits per heavy atom. The van der Waals surface area contributed by atoms with Crippen LogP contribution >= 0.6 is 22.6 Å². The monoisotopic (exact) mass is 328 g/mol. The van der Waals surface area contributed by atoms with Crippen LogP contribution in [0.5, 0.6) is 0 Å². The Labute approximate surface area is 106 Å². The second-order valence-corrected chi connectivity index (χ2v) is 4.30. The molecule has 0 aliphatic carbocycles. The number of nitrogens with one attached hydrogen (secondary N) is 1. The number of amidine groups is 2. The normalized spacial score (nSPS) is 14.4. The lowest BCUT2D eigenvalue weighted by atomic mass is 10.3. The van der Waals surface area contributed by atoms with Crippen LogP contribution < -0.4 is 16.9 Å². The van der Waals surface area contributed by atoms with E-state index in [4.69, 9.17) is 11.5 Å². The van der Waals surface area contributed by atoms with Crippen molar-refractivity contribution in [1.82, 2.24) is 0 Å². The van der Waals surface area contributed by atoms with Gasteiger partial charge >= 0.3 is 0 Å². The molecule has 1 aromatic rings. The second-order valence-electron chi connectivity index (χ2n) is 3.05. The first kappa shape index (κ1) is 10.9. The van der Waals surface area contributed by atoms with Crippen LogP contribution in [-0.4, -0.2) is 17.4 Å². The fraction of sp³-hybridized carbons (Fsp3) is 0. The number of benzene rings is 1. The molecule has 0 amide bonds. The van der Waals surface area contributed by atoms with E-state index in [1.54, 1.807) is 0 Å². The fourth-order valence-corrected chi connectivity index (χ4v) is 1.67. The van der Waals surface area contributed by atoms with E-state index in [0.717, 1.165) is 9.26 Å². The molecule has 82 valence electrons. The van der Waals surface area contributed by atoms with E-state index in [2.05, 4.69) is 43.3 Å². The predicted octanol–water partition coefficient (Wildman–Crippen LogP) is 0.702. The number of halogens is 1. The minimum absolute atomic E-state index is 0.218. The molecule has 1 heterocycles. The molecule has 0 atom stereocenters. The third kappa shape index (κ3) is 2.30. The molecule has 16 heavy (non-hydrogen) atoms. The van der Waals surface area contributed by atoms with Gasteiger partial charge in [0.25, 0.3) is 0 Å². The molecule has 2 rings (SSSR count). The minimum Gasteiger partial charge on any atom is -0.380 e. The molecular weight excluding hydrogens is 319 g/mol. The summed E-state index contributed by atoms with van der Waals surface area (Å²) in [7, 11) is 0. The summed E-state index contributed by atoms with van der Waals surface area (Å²) in [5.41, 5.74) is 15.2. The van der Waals surface area contributed by atoms with Gasteiger partial charge in [-0.15, -0.1) is 10.2 Å². The van der Waals surface area contributed by atoms with E-state index >= 15 is 0 Å². The van der Waals surface area contributed by atoms with Crippen molar-refractivity contribution in [3.63, 3.8) is 0 Å². The highest BCUT2D eigenvalue weighted by atomic mass is 127. The van der Waals surface area contributed by atoms with Crippen LogP contribution in [0.1, 0.15) is 0 Å². The van der Waals surface area contributed by atoms with Gasteiger partial charge in [0.15, 0.2) is 17.4 Å². The van der Waals surface area contributed by atoms with E-state index in [1.165, 1.54) is 0 Å². The Hall–Kier alpha value is -1.64. The van der Waals surface area contributed by atoms with Gasteiger partial charge in [0.1, 0.15) is 0 Å². The molecule has 1 aromatic carbocycles. The van der Waals surface area contributed by atoms with Crippen molar-refractivity contribution < 1.29 is 0 Å². The van der Waals surface area contributed by atoms with Crippen LogP contribution in [-0.2, 0) is 0 Å². The molecule has 6 nitrogen and oxygen atoms in total. The summed E-state index contributed by atoms with van der Waals surface area (Å²) >= 11 is 2.22. The van der Waals surface area contributed by atoms with Gasteiger partial charge in [0.2, 0.25) is 0 Å². The maximum absolute atomic E-state index is 5.55. The minimum atomic E-state index is 0.218. The van der Waals surface area contributed by atoms with E-state index in [-0.39, 0.29) is 11.7 Å². The van der Waals surface area contributed by atoms with Crippen LogP contribution in [0.25, 0.3) is 0 Å². The summed E-state index contributed by atoms with van der Waals surface area (Å²) < 4.78 is 1.11. The predicted molar refractivity (Wildman–Crippen MR) is 73.5 cm³/mol. The summed E-state index contributed by atoms with van der Waals surface area (Å²) in [4.78, 5) is 0. The Bertz CT molecular complexity index is 484. The molecule has 0 saturated carbocycles. The van der Waals surface area contributed by atoms with Gasteiger partial charge in [-0.2, -0.15) is 5.10 Å². The molecule has 0 unspecified atom stereocenters. The maximum atomic E-state index is 5.55. The van der Waals surface area contributed by atoms with Crippen LogP contribution in [0, 0.1) is 3.57 Å². The number of hydrogen-bond acceptors (Lipinski definition) is 6. The Morgan fingerprint density at radius 2 is 1.88 bits per heavy atom. The summed E-state index contributed by atoms with van der Waals surface area (Å²) in [6.07, 6.45) is 0. The second kappa shape index (κ2) is 4.47. The largest absolute Gasteiger partial charge is 0.380 e. The third-order valence-corrected chi connectivity index (χ3v) is 2.54. The van der Waals surface area contributed by atoms with Crippen molar-refractivity contribution in [3.8, 4) is 0 Å². The van der Waals surface area contributed by atoms with E-state index < -0.39 is 0 Å². The summed E-state index contributed by atoms with van der Waals surface area (Å²) in [5.74, 6) is 0.436. The van der Waals surface area contributed by atoms with Crippen molar-refractivity contribution in [3.05, 3.63) is 27.8 Å². The highest BCUT2D eigenvalue weighted by Gasteiger charge is 2.16. The van der Waals surface area contributed by atoms with Crippen molar-refractivity contribution in [2.45, 2.75) is 0 Å². The first-order valence-electron chi connectivity index (χ1n) is 4.43. The van der Waals surface area contributed by atoms with Crippen LogP contribution in [0.4, 0.5) is 5.69 Å². The molecular formula is C9H9IN6. The summed E-state index contributed by atoms with van der Waals surface area (Å²) in [5, 5.41) is 11.3. The first-order chi connectivity index (χ1) is 7.66. The van der Waals surface area contributed by atoms with Gasteiger partial charge in [-0.25, -0.2) is 0 Å². The van der Waals surface area contributed by atoms with Gasteiger partial charge in [0, 0.05) is 3.57 Å².